The molecule has 1 aromatic carbocycles. The molecule has 2 N–H and O–H groups in total. The molecule has 0 radical (unpaired) electrons. The second-order valence-corrected chi connectivity index (χ2v) is 6.03. The van der Waals surface area contributed by atoms with E-state index in [2.05, 4.69) is 20.6 Å². The number of hydrogen-bond acceptors (Lipinski definition) is 5. The third-order valence-electron chi connectivity index (χ3n) is 3.41. The second-order valence-electron chi connectivity index (χ2n) is 6.03. The summed E-state index contributed by atoms with van der Waals surface area (Å²) in [6, 6.07) is 8.22. The molecule has 5 nitrogen and oxygen atoms in total. The fraction of sp³-hybridized carbons (Fsp3) is 0.412. The second kappa shape index (κ2) is 8.15. The summed E-state index contributed by atoms with van der Waals surface area (Å²) in [7, 11) is 3.87. The van der Waals surface area contributed by atoms with Crippen LogP contribution in [0.15, 0.2) is 30.3 Å². The molecule has 0 aliphatic carbocycles. The van der Waals surface area contributed by atoms with Crippen LogP contribution in [0.4, 0.5) is 30.6 Å². The zero-order valence-electron chi connectivity index (χ0n) is 14.5. The van der Waals surface area contributed by atoms with E-state index in [1.54, 1.807) is 12.1 Å². The van der Waals surface area contributed by atoms with Crippen LogP contribution in [0.3, 0.4) is 0 Å². The van der Waals surface area contributed by atoms with Crippen LogP contribution in [-0.2, 0) is 6.18 Å². The first kappa shape index (κ1) is 19.0. The number of hydrogen-bond donors (Lipinski definition) is 2. The monoisotopic (exact) mass is 353 g/mol. The van der Waals surface area contributed by atoms with Gasteiger partial charge >= 0.3 is 6.18 Å². The van der Waals surface area contributed by atoms with Crippen molar-refractivity contribution in [1.82, 2.24) is 14.9 Å². The van der Waals surface area contributed by atoms with Gasteiger partial charge in [0.25, 0.3) is 0 Å². The minimum Gasteiger partial charge on any atom is -0.354 e. The van der Waals surface area contributed by atoms with Crippen LogP contribution in [0.25, 0.3) is 0 Å². The number of nitrogens with zero attached hydrogens (tertiary/aromatic N) is 3. The summed E-state index contributed by atoms with van der Waals surface area (Å²) in [4.78, 5) is 9.71. The minimum atomic E-state index is -4.54. The Morgan fingerprint density at radius 2 is 1.76 bits per heavy atom. The van der Waals surface area contributed by atoms with Gasteiger partial charge in [-0.05, 0) is 46.1 Å². The van der Waals surface area contributed by atoms with E-state index in [0.29, 0.717) is 12.2 Å². The summed E-state index contributed by atoms with van der Waals surface area (Å²) in [5, 5.41) is 5.75. The molecule has 25 heavy (non-hydrogen) atoms. The molecule has 0 amide bonds. The number of nitrogens with one attached hydrogen (secondary N) is 2. The van der Waals surface area contributed by atoms with E-state index in [4.69, 9.17) is 0 Å². The highest BCUT2D eigenvalue weighted by Crippen LogP contribution is 2.30. The molecule has 8 heteroatoms. The van der Waals surface area contributed by atoms with Crippen LogP contribution >= 0.6 is 0 Å². The predicted octanol–water partition coefficient (Wildman–Crippen LogP) is 3.91. The van der Waals surface area contributed by atoms with E-state index in [-0.39, 0.29) is 11.8 Å². The maximum Gasteiger partial charge on any atom is 0.433 e. The summed E-state index contributed by atoms with van der Waals surface area (Å²) >= 11 is 0. The zero-order chi connectivity index (χ0) is 18.4. The summed E-state index contributed by atoms with van der Waals surface area (Å²) in [5.41, 5.74) is 0.746. The smallest absolute Gasteiger partial charge is 0.354 e. The van der Waals surface area contributed by atoms with Crippen LogP contribution in [-0.4, -0.2) is 42.1 Å². The van der Waals surface area contributed by atoms with Crippen molar-refractivity contribution in [3.63, 3.8) is 0 Å². The van der Waals surface area contributed by atoms with Gasteiger partial charge in [-0.2, -0.15) is 18.2 Å². The van der Waals surface area contributed by atoms with Crippen molar-refractivity contribution in [3.8, 4) is 0 Å². The van der Waals surface area contributed by atoms with Crippen molar-refractivity contribution >= 4 is 17.5 Å². The Hall–Kier alpha value is -2.35. The lowest BCUT2D eigenvalue weighted by Crippen LogP contribution is -2.18. The van der Waals surface area contributed by atoms with Crippen LogP contribution in [0.1, 0.15) is 17.7 Å². The molecule has 0 fully saturated rings. The highest BCUT2D eigenvalue weighted by Gasteiger charge is 2.33. The first-order valence-corrected chi connectivity index (χ1v) is 7.92. The molecule has 2 aromatic rings. The molecule has 0 aliphatic rings. The quantitative estimate of drug-likeness (QED) is 0.739. The Kier molecular flexibility index (Phi) is 6.19. The zero-order valence-corrected chi connectivity index (χ0v) is 14.5. The molecular weight excluding hydrogens is 331 g/mol. The van der Waals surface area contributed by atoms with E-state index >= 15 is 0 Å². The third-order valence-corrected chi connectivity index (χ3v) is 3.41. The number of aromatic nitrogens is 2. The maximum atomic E-state index is 13.1. The van der Waals surface area contributed by atoms with Gasteiger partial charge in [0.2, 0.25) is 5.95 Å². The standard InChI is InChI=1S/C17H22F3N5/c1-12-5-7-13(8-6-12)22-15-11-14(17(18,19)20)23-16(24-15)21-9-4-10-25(2)3/h5-8,11H,4,9-10H2,1-3H3,(H2,21,22,23,24). The number of rotatable bonds is 7. The van der Waals surface area contributed by atoms with Crippen LogP contribution < -0.4 is 10.6 Å². The van der Waals surface area contributed by atoms with Crippen molar-refractivity contribution in [2.45, 2.75) is 19.5 Å². The molecule has 1 heterocycles. The average molecular weight is 353 g/mol. The van der Waals surface area contributed by atoms with Gasteiger partial charge in [-0.1, -0.05) is 17.7 Å². The first-order valence-electron chi connectivity index (χ1n) is 7.92. The lowest BCUT2D eigenvalue weighted by molar-refractivity contribution is -0.141. The minimum absolute atomic E-state index is 0.0387. The van der Waals surface area contributed by atoms with Gasteiger partial charge in [0, 0.05) is 18.3 Å². The number of alkyl halides is 3. The lowest BCUT2D eigenvalue weighted by atomic mass is 10.2. The number of benzene rings is 1. The van der Waals surface area contributed by atoms with Crippen molar-refractivity contribution in [2.24, 2.45) is 0 Å². The normalized spacial score (nSPS) is 11.6. The van der Waals surface area contributed by atoms with E-state index in [9.17, 15) is 13.2 Å². The fourth-order valence-corrected chi connectivity index (χ4v) is 2.12. The van der Waals surface area contributed by atoms with Crippen molar-refractivity contribution in [2.75, 3.05) is 37.8 Å². The van der Waals surface area contributed by atoms with E-state index in [0.717, 1.165) is 24.6 Å². The van der Waals surface area contributed by atoms with E-state index in [1.807, 2.05) is 38.1 Å². The van der Waals surface area contributed by atoms with Gasteiger partial charge in [0.1, 0.15) is 5.82 Å². The van der Waals surface area contributed by atoms with Crippen molar-refractivity contribution in [1.29, 1.82) is 0 Å². The van der Waals surface area contributed by atoms with Gasteiger partial charge < -0.3 is 15.5 Å². The predicted molar refractivity (Wildman–Crippen MR) is 93.2 cm³/mol. The molecule has 2 rings (SSSR count). The largest absolute Gasteiger partial charge is 0.433 e. The molecule has 0 spiro atoms. The van der Waals surface area contributed by atoms with Gasteiger partial charge in [-0.15, -0.1) is 0 Å². The van der Waals surface area contributed by atoms with Gasteiger partial charge in [0.15, 0.2) is 5.69 Å². The highest BCUT2D eigenvalue weighted by atomic mass is 19.4. The molecule has 0 bridgehead atoms. The van der Waals surface area contributed by atoms with Gasteiger partial charge in [-0.25, -0.2) is 4.98 Å². The highest BCUT2D eigenvalue weighted by molar-refractivity contribution is 5.58. The summed E-state index contributed by atoms with van der Waals surface area (Å²) in [5.74, 6) is 0.0597. The Morgan fingerprint density at radius 3 is 2.36 bits per heavy atom. The lowest BCUT2D eigenvalue weighted by Gasteiger charge is -2.14. The van der Waals surface area contributed by atoms with E-state index in [1.165, 1.54) is 0 Å². The third kappa shape index (κ3) is 6.22. The van der Waals surface area contributed by atoms with Gasteiger partial charge in [0.05, 0.1) is 0 Å². The van der Waals surface area contributed by atoms with Crippen LogP contribution in [0.2, 0.25) is 0 Å². The average Bonchev–Trinajstić information content (AvgIpc) is 2.53. The molecule has 0 aliphatic heterocycles. The van der Waals surface area contributed by atoms with Crippen molar-refractivity contribution < 1.29 is 13.2 Å². The number of halogens is 3. The Bertz CT molecular complexity index is 684. The molecule has 136 valence electrons. The topological polar surface area (TPSA) is 53.1 Å². The number of anilines is 3. The molecule has 0 atom stereocenters. The number of aryl methyl sites for hydroxylation is 1. The van der Waals surface area contributed by atoms with Crippen LogP contribution in [0, 0.1) is 6.92 Å². The fourth-order valence-electron chi connectivity index (χ4n) is 2.12. The summed E-state index contributed by atoms with van der Waals surface area (Å²) < 4.78 is 39.2. The van der Waals surface area contributed by atoms with Gasteiger partial charge in [-0.3, -0.25) is 0 Å². The molecule has 0 saturated heterocycles. The van der Waals surface area contributed by atoms with Crippen molar-refractivity contribution in [3.05, 3.63) is 41.6 Å². The molecule has 1 aromatic heterocycles. The summed E-state index contributed by atoms with van der Waals surface area (Å²) in [6.07, 6.45) is -3.76. The molecular formula is C17H22F3N5. The SMILES string of the molecule is Cc1ccc(Nc2cc(C(F)(F)F)nc(NCCCN(C)C)n2)cc1. The van der Waals surface area contributed by atoms with Crippen LogP contribution in [0.5, 0.6) is 0 Å². The molecule has 0 saturated carbocycles. The Labute approximate surface area is 145 Å². The summed E-state index contributed by atoms with van der Waals surface area (Å²) in [6.45, 7) is 3.25. The first-order chi connectivity index (χ1) is 11.7. The van der Waals surface area contributed by atoms with E-state index < -0.39 is 11.9 Å². The Morgan fingerprint density at radius 1 is 1.08 bits per heavy atom. The Balaban J connectivity index is 2.17. The molecule has 0 unspecified atom stereocenters. The maximum absolute atomic E-state index is 13.1.